The molecule has 10 heavy (non-hydrogen) atoms. The number of aliphatic hydroxyl groups is 2. The molecule has 1 aliphatic carbocycles. The molecule has 0 aliphatic heterocycles. The number of carbonyl (C=O) groups is 1. The molecule has 0 amide bonds. The Morgan fingerprint density at radius 3 is 2.60 bits per heavy atom. The lowest BCUT2D eigenvalue weighted by Gasteiger charge is -2.16. The summed E-state index contributed by atoms with van der Waals surface area (Å²) >= 11 is 0. The maximum atomic E-state index is 10.8. The van der Waals surface area contributed by atoms with Gasteiger partial charge in [0.15, 0.2) is 5.78 Å². The lowest BCUT2D eigenvalue weighted by molar-refractivity contribution is -0.183. The zero-order valence-electron chi connectivity index (χ0n) is 5.84. The Kier molecular flexibility index (Phi) is 2.06. The van der Waals surface area contributed by atoms with Crippen LogP contribution in [0.3, 0.4) is 0 Å². The third-order valence-electron chi connectivity index (χ3n) is 1.88. The summed E-state index contributed by atoms with van der Waals surface area (Å²) in [6.45, 7) is 0. The highest BCUT2D eigenvalue weighted by atomic mass is 16.5. The van der Waals surface area contributed by atoms with Crippen LogP contribution in [0.5, 0.6) is 0 Å². The van der Waals surface area contributed by atoms with Gasteiger partial charge in [0.2, 0.25) is 5.79 Å². The first-order chi connectivity index (χ1) is 4.63. The minimum atomic E-state index is -2.02. The molecule has 0 spiro atoms. The summed E-state index contributed by atoms with van der Waals surface area (Å²) in [6.07, 6.45) is 2.97. The molecule has 1 saturated carbocycles. The molecule has 1 aliphatic rings. The summed E-state index contributed by atoms with van der Waals surface area (Å²) in [5.74, 6) is -2.44. The second-order valence-corrected chi connectivity index (χ2v) is 2.80. The van der Waals surface area contributed by atoms with Crippen molar-refractivity contribution in [2.45, 2.75) is 37.9 Å². The van der Waals surface area contributed by atoms with Crippen molar-refractivity contribution in [1.29, 1.82) is 0 Å². The van der Waals surface area contributed by atoms with E-state index >= 15 is 0 Å². The van der Waals surface area contributed by atoms with Crippen LogP contribution in [0.4, 0.5) is 0 Å². The summed E-state index contributed by atoms with van der Waals surface area (Å²) in [5, 5.41) is 18.1. The molecule has 2 N–H and O–H groups in total. The Balaban J connectivity index is 2.61. The third kappa shape index (κ3) is 1.55. The number of carbonyl (C=O) groups excluding carboxylic acids is 1. The number of hydrogen-bond donors (Lipinski definition) is 2. The molecule has 0 aromatic rings. The van der Waals surface area contributed by atoms with E-state index in [0.29, 0.717) is 6.42 Å². The molecule has 0 atom stereocenters. The van der Waals surface area contributed by atoms with Crippen molar-refractivity contribution in [1.82, 2.24) is 0 Å². The first-order valence-corrected chi connectivity index (χ1v) is 3.61. The average Bonchev–Trinajstić information content (AvgIpc) is 1.96. The Morgan fingerprint density at radius 1 is 1.20 bits per heavy atom. The van der Waals surface area contributed by atoms with Crippen molar-refractivity contribution in [3.05, 3.63) is 0 Å². The molecular weight excluding hydrogens is 132 g/mol. The van der Waals surface area contributed by atoms with Crippen LogP contribution in [0.1, 0.15) is 32.1 Å². The zero-order chi connectivity index (χ0) is 7.61. The Hall–Kier alpha value is -0.410. The topological polar surface area (TPSA) is 57.5 Å². The number of Topliss-reactive ketones (excluding diaryl/α,β-unsaturated/α-hetero) is 1. The molecule has 3 heteroatoms. The van der Waals surface area contributed by atoms with Gasteiger partial charge in [-0.15, -0.1) is 0 Å². The first kappa shape index (κ1) is 7.69. The molecule has 0 aromatic heterocycles. The van der Waals surface area contributed by atoms with Crippen LogP contribution in [0.2, 0.25) is 0 Å². The van der Waals surface area contributed by atoms with Crippen LogP contribution >= 0.6 is 0 Å². The van der Waals surface area contributed by atoms with E-state index < -0.39 is 11.6 Å². The van der Waals surface area contributed by atoms with Crippen LogP contribution in [-0.2, 0) is 4.79 Å². The molecule has 0 saturated heterocycles. The van der Waals surface area contributed by atoms with E-state index in [1.54, 1.807) is 0 Å². The minimum absolute atomic E-state index is 0.200. The molecule has 1 rings (SSSR count). The summed E-state index contributed by atoms with van der Waals surface area (Å²) < 4.78 is 0. The van der Waals surface area contributed by atoms with Crippen LogP contribution in [0.25, 0.3) is 0 Å². The van der Waals surface area contributed by atoms with Crippen molar-refractivity contribution in [2.24, 2.45) is 0 Å². The fraction of sp³-hybridized carbons (Fsp3) is 0.857. The van der Waals surface area contributed by atoms with Crippen LogP contribution in [-0.4, -0.2) is 21.8 Å². The number of hydrogen-bond acceptors (Lipinski definition) is 3. The molecule has 0 aromatic carbocycles. The highest BCUT2D eigenvalue weighted by molar-refractivity contribution is 5.85. The lowest BCUT2D eigenvalue weighted by atomic mass is 10.1. The van der Waals surface area contributed by atoms with Gasteiger partial charge in [-0.05, 0) is 12.8 Å². The van der Waals surface area contributed by atoms with E-state index in [1.165, 1.54) is 0 Å². The van der Waals surface area contributed by atoms with Crippen LogP contribution in [0.15, 0.2) is 0 Å². The van der Waals surface area contributed by atoms with E-state index in [1.807, 2.05) is 0 Å². The van der Waals surface area contributed by atoms with Gasteiger partial charge in [0.25, 0.3) is 0 Å². The van der Waals surface area contributed by atoms with Crippen molar-refractivity contribution >= 4 is 5.78 Å². The third-order valence-corrected chi connectivity index (χ3v) is 1.88. The highest BCUT2D eigenvalue weighted by Crippen LogP contribution is 2.20. The van der Waals surface area contributed by atoms with Gasteiger partial charge in [0, 0.05) is 12.8 Å². The largest absolute Gasteiger partial charge is 0.360 e. The molecule has 58 valence electrons. The summed E-state index contributed by atoms with van der Waals surface area (Å²) in [7, 11) is 0. The average molecular weight is 144 g/mol. The van der Waals surface area contributed by atoms with Gasteiger partial charge < -0.3 is 10.2 Å². The van der Waals surface area contributed by atoms with Gasteiger partial charge in [-0.2, -0.15) is 0 Å². The van der Waals surface area contributed by atoms with Gasteiger partial charge in [-0.25, -0.2) is 0 Å². The molecule has 0 heterocycles. The monoisotopic (exact) mass is 144 g/mol. The SMILES string of the molecule is O=C1CCCCCC1(O)O. The molecular formula is C7H12O3. The van der Waals surface area contributed by atoms with Gasteiger partial charge >= 0.3 is 0 Å². The van der Waals surface area contributed by atoms with Crippen molar-refractivity contribution < 1.29 is 15.0 Å². The van der Waals surface area contributed by atoms with Crippen LogP contribution in [0, 0.1) is 0 Å². The Labute approximate surface area is 59.7 Å². The quantitative estimate of drug-likeness (QED) is 0.377. The predicted molar refractivity (Wildman–Crippen MR) is 35.3 cm³/mol. The summed E-state index contributed by atoms with van der Waals surface area (Å²) in [5.41, 5.74) is 0. The predicted octanol–water partition coefficient (Wildman–Crippen LogP) is 0.201. The smallest absolute Gasteiger partial charge is 0.223 e. The van der Waals surface area contributed by atoms with E-state index in [-0.39, 0.29) is 6.42 Å². The standard InChI is InChI=1S/C7H12O3/c8-6-4-2-1-3-5-7(6,9)10/h9-10H,1-5H2. The number of ketones is 1. The van der Waals surface area contributed by atoms with Gasteiger partial charge in [0.05, 0.1) is 0 Å². The van der Waals surface area contributed by atoms with Gasteiger partial charge in [0.1, 0.15) is 0 Å². The minimum Gasteiger partial charge on any atom is -0.360 e. The molecule has 0 unspecified atom stereocenters. The molecule has 3 nitrogen and oxygen atoms in total. The van der Waals surface area contributed by atoms with E-state index in [9.17, 15) is 4.79 Å². The second-order valence-electron chi connectivity index (χ2n) is 2.80. The molecule has 1 fully saturated rings. The van der Waals surface area contributed by atoms with Gasteiger partial charge in [-0.3, -0.25) is 4.79 Å². The summed E-state index contributed by atoms with van der Waals surface area (Å²) in [4.78, 5) is 10.8. The first-order valence-electron chi connectivity index (χ1n) is 3.61. The highest BCUT2D eigenvalue weighted by Gasteiger charge is 2.33. The summed E-state index contributed by atoms with van der Waals surface area (Å²) in [6, 6.07) is 0. The molecule has 0 radical (unpaired) electrons. The van der Waals surface area contributed by atoms with Crippen molar-refractivity contribution in [3.63, 3.8) is 0 Å². The van der Waals surface area contributed by atoms with E-state index in [4.69, 9.17) is 10.2 Å². The lowest BCUT2D eigenvalue weighted by Crippen LogP contribution is -2.36. The second kappa shape index (κ2) is 2.68. The van der Waals surface area contributed by atoms with Gasteiger partial charge in [-0.1, -0.05) is 6.42 Å². The zero-order valence-corrected chi connectivity index (χ0v) is 5.84. The van der Waals surface area contributed by atoms with Crippen molar-refractivity contribution in [2.75, 3.05) is 0 Å². The van der Waals surface area contributed by atoms with E-state index in [2.05, 4.69) is 0 Å². The maximum absolute atomic E-state index is 10.8. The van der Waals surface area contributed by atoms with Crippen LogP contribution < -0.4 is 0 Å². The maximum Gasteiger partial charge on any atom is 0.223 e. The fourth-order valence-electron chi connectivity index (χ4n) is 1.17. The normalized spacial score (nSPS) is 26.0. The Bertz CT molecular complexity index is 140. The van der Waals surface area contributed by atoms with Crippen molar-refractivity contribution in [3.8, 4) is 0 Å². The molecule has 0 bridgehead atoms. The number of rotatable bonds is 0. The fourth-order valence-corrected chi connectivity index (χ4v) is 1.17. The Morgan fingerprint density at radius 2 is 1.90 bits per heavy atom. The van der Waals surface area contributed by atoms with E-state index in [0.717, 1.165) is 19.3 Å².